The summed E-state index contributed by atoms with van der Waals surface area (Å²) in [6.45, 7) is 0.884. The van der Waals surface area contributed by atoms with Crippen molar-refractivity contribution in [2.45, 2.75) is 32.2 Å². The smallest absolute Gasteiger partial charge is 0.335 e. The second kappa shape index (κ2) is 4.30. The summed E-state index contributed by atoms with van der Waals surface area (Å²) in [7, 11) is 0. The largest absolute Gasteiger partial charge is 0.478 e. The molecule has 1 aromatic heterocycles. The Morgan fingerprint density at radius 3 is 2.60 bits per heavy atom. The van der Waals surface area contributed by atoms with Gasteiger partial charge in [-0.25, -0.2) is 9.48 Å². The van der Waals surface area contributed by atoms with Gasteiger partial charge < -0.3 is 5.11 Å². The number of fused-ring (bicyclic) bond motifs is 1. The van der Waals surface area contributed by atoms with Crippen LogP contribution in [0.15, 0.2) is 18.2 Å². The van der Waals surface area contributed by atoms with Crippen LogP contribution >= 0.6 is 0 Å². The van der Waals surface area contributed by atoms with E-state index in [1.54, 1.807) is 18.2 Å². The van der Waals surface area contributed by atoms with Crippen LogP contribution in [-0.4, -0.2) is 26.1 Å². The molecule has 1 aromatic carbocycles. The van der Waals surface area contributed by atoms with Crippen molar-refractivity contribution < 1.29 is 9.90 Å². The third-order valence-corrected chi connectivity index (χ3v) is 4.60. The van der Waals surface area contributed by atoms with Gasteiger partial charge in [-0.2, -0.15) is 0 Å². The quantitative estimate of drug-likeness (QED) is 0.907. The summed E-state index contributed by atoms with van der Waals surface area (Å²) in [4.78, 5) is 11.1. The number of nitrogens with zero attached hydrogens (tertiary/aromatic N) is 3. The molecule has 5 heteroatoms. The maximum absolute atomic E-state index is 11.1. The van der Waals surface area contributed by atoms with Crippen molar-refractivity contribution in [1.82, 2.24) is 15.0 Å². The predicted octanol–water partition coefficient (Wildman–Crippen LogP) is 2.57. The van der Waals surface area contributed by atoms with Gasteiger partial charge in [-0.15, -0.1) is 5.10 Å². The van der Waals surface area contributed by atoms with E-state index in [0.29, 0.717) is 11.5 Å². The van der Waals surface area contributed by atoms with Crippen LogP contribution in [0.4, 0.5) is 0 Å². The fraction of sp³-hybridized carbons (Fsp3) is 0.533. The van der Waals surface area contributed by atoms with Crippen molar-refractivity contribution in [3.8, 4) is 0 Å². The van der Waals surface area contributed by atoms with Crippen LogP contribution in [-0.2, 0) is 6.54 Å². The number of rotatable bonds is 5. The molecule has 2 aromatic rings. The maximum atomic E-state index is 11.1. The molecule has 0 atom stereocenters. The number of benzene rings is 1. The SMILES string of the molecule is O=C(O)c1ccc2nnn(CC(C3CC3)C3CC3)c2c1. The molecule has 0 bridgehead atoms. The van der Waals surface area contributed by atoms with Gasteiger partial charge in [0.05, 0.1) is 11.1 Å². The first-order chi connectivity index (χ1) is 9.72. The Morgan fingerprint density at radius 2 is 2.00 bits per heavy atom. The monoisotopic (exact) mass is 271 g/mol. The minimum Gasteiger partial charge on any atom is -0.478 e. The Hall–Kier alpha value is -1.91. The molecule has 104 valence electrons. The topological polar surface area (TPSA) is 68.0 Å². The predicted molar refractivity (Wildman–Crippen MR) is 73.4 cm³/mol. The lowest BCUT2D eigenvalue weighted by Gasteiger charge is -2.15. The molecule has 2 saturated carbocycles. The molecule has 1 heterocycles. The van der Waals surface area contributed by atoms with Crippen LogP contribution < -0.4 is 0 Å². The third-order valence-electron chi connectivity index (χ3n) is 4.60. The zero-order valence-corrected chi connectivity index (χ0v) is 11.2. The molecule has 0 unspecified atom stereocenters. The molecule has 2 aliphatic carbocycles. The highest BCUT2D eigenvalue weighted by molar-refractivity contribution is 5.92. The Balaban J connectivity index is 1.67. The van der Waals surface area contributed by atoms with Crippen LogP contribution in [0.3, 0.4) is 0 Å². The Bertz CT molecular complexity index is 659. The Kier molecular flexibility index (Phi) is 2.55. The first kappa shape index (κ1) is 11.9. The highest BCUT2D eigenvalue weighted by Crippen LogP contribution is 2.49. The molecule has 4 rings (SSSR count). The molecule has 0 spiro atoms. The second-order valence-electron chi connectivity index (χ2n) is 6.12. The normalized spacial score (nSPS) is 18.9. The summed E-state index contributed by atoms with van der Waals surface area (Å²) in [6, 6.07) is 5.02. The van der Waals surface area contributed by atoms with Gasteiger partial charge in [-0.05, 0) is 61.6 Å². The number of carboxylic acid groups (broad SMARTS) is 1. The van der Waals surface area contributed by atoms with Gasteiger partial charge in [-0.1, -0.05) is 5.21 Å². The maximum Gasteiger partial charge on any atom is 0.335 e. The molecule has 20 heavy (non-hydrogen) atoms. The van der Waals surface area contributed by atoms with E-state index in [9.17, 15) is 4.79 Å². The van der Waals surface area contributed by atoms with E-state index >= 15 is 0 Å². The fourth-order valence-corrected chi connectivity index (χ4v) is 3.16. The van der Waals surface area contributed by atoms with Gasteiger partial charge in [0.25, 0.3) is 0 Å². The summed E-state index contributed by atoms with van der Waals surface area (Å²) in [6.07, 6.45) is 5.37. The highest BCUT2D eigenvalue weighted by atomic mass is 16.4. The molecule has 0 aliphatic heterocycles. The van der Waals surface area contributed by atoms with Crippen molar-refractivity contribution in [2.75, 3.05) is 0 Å². The molecule has 1 N–H and O–H groups in total. The minimum atomic E-state index is -0.902. The lowest BCUT2D eigenvalue weighted by atomic mass is 9.98. The zero-order chi connectivity index (χ0) is 13.7. The van der Waals surface area contributed by atoms with E-state index in [1.807, 2.05) is 4.68 Å². The summed E-state index contributed by atoms with van der Waals surface area (Å²) >= 11 is 0. The van der Waals surface area contributed by atoms with Crippen molar-refractivity contribution in [2.24, 2.45) is 17.8 Å². The fourth-order valence-electron chi connectivity index (χ4n) is 3.16. The van der Waals surface area contributed by atoms with Crippen LogP contribution in [0.1, 0.15) is 36.0 Å². The number of aromatic carboxylic acids is 1. The van der Waals surface area contributed by atoms with E-state index in [2.05, 4.69) is 10.3 Å². The van der Waals surface area contributed by atoms with Gasteiger partial charge in [0.15, 0.2) is 0 Å². The average Bonchev–Trinajstić information content (AvgIpc) is 3.34. The van der Waals surface area contributed by atoms with Gasteiger partial charge in [-0.3, -0.25) is 0 Å². The summed E-state index contributed by atoms with van der Waals surface area (Å²) in [5.41, 5.74) is 1.92. The molecule has 2 aliphatic rings. The summed E-state index contributed by atoms with van der Waals surface area (Å²) < 4.78 is 1.91. The lowest BCUT2D eigenvalue weighted by Crippen LogP contribution is -2.16. The zero-order valence-electron chi connectivity index (χ0n) is 11.2. The molecule has 0 saturated heterocycles. The van der Waals surface area contributed by atoms with E-state index < -0.39 is 5.97 Å². The van der Waals surface area contributed by atoms with E-state index in [0.717, 1.165) is 29.4 Å². The number of hydrogen-bond donors (Lipinski definition) is 1. The van der Waals surface area contributed by atoms with Crippen LogP contribution in [0.5, 0.6) is 0 Å². The number of hydrogen-bond acceptors (Lipinski definition) is 3. The number of aromatic nitrogens is 3. The molecule has 0 radical (unpaired) electrons. The first-order valence-corrected chi connectivity index (χ1v) is 7.29. The molecule has 0 amide bonds. The number of carbonyl (C=O) groups is 1. The van der Waals surface area contributed by atoms with Gasteiger partial charge in [0.1, 0.15) is 5.52 Å². The molecule has 5 nitrogen and oxygen atoms in total. The Morgan fingerprint density at radius 1 is 1.30 bits per heavy atom. The van der Waals surface area contributed by atoms with Crippen molar-refractivity contribution in [1.29, 1.82) is 0 Å². The van der Waals surface area contributed by atoms with Crippen LogP contribution in [0.2, 0.25) is 0 Å². The van der Waals surface area contributed by atoms with Crippen molar-refractivity contribution in [3.63, 3.8) is 0 Å². The summed E-state index contributed by atoms with van der Waals surface area (Å²) in [5.74, 6) is 1.50. The average molecular weight is 271 g/mol. The van der Waals surface area contributed by atoms with Gasteiger partial charge in [0, 0.05) is 6.54 Å². The van der Waals surface area contributed by atoms with Crippen molar-refractivity contribution >= 4 is 17.0 Å². The van der Waals surface area contributed by atoms with Gasteiger partial charge >= 0.3 is 5.97 Å². The van der Waals surface area contributed by atoms with E-state index in [4.69, 9.17) is 5.11 Å². The minimum absolute atomic E-state index is 0.301. The summed E-state index contributed by atoms with van der Waals surface area (Å²) in [5, 5.41) is 17.5. The third kappa shape index (κ3) is 2.07. The van der Waals surface area contributed by atoms with Crippen molar-refractivity contribution in [3.05, 3.63) is 23.8 Å². The van der Waals surface area contributed by atoms with E-state index in [1.165, 1.54) is 25.7 Å². The molecular weight excluding hydrogens is 254 g/mol. The number of carboxylic acids is 1. The van der Waals surface area contributed by atoms with E-state index in [-0.39, 0.29) is 0 Å². The molecule has 2 fully saturated rings. The van der Waals surface area contributed by atoms with Crippen LogP contribution in [0.25, 0.3) is 11.0 Å². The highest BCUT2D eigenvalue weighted by Gasteiger charge is 2.41. The standard InChI is InChI=1S/C15H17N3O2/c19-15(20)11-5-6-13-14(7-11)18(17-16-13)8-12(9-1-2-9)10-3-4-10/h5-7,9-10,12H,1-4,8H2,(H,19,20). The molecular formula is C15H17N3O2. The van der Waals surface area contributed by atoms with Gasteiger partial charge in [0.2, 0.25) is 0 Å². The second-order valence-corrected chi connectivity index (χ2v) is 6.12. The lowest BCUT2D eigenvalue weighted by molar-refractivity contribution is 0.0697. The van der Waals surface area contributed by atoms with Crippen LogP contribution in [0, 0.1) is 17.8 Å². The Labute approximate surface area is 116 Å². The first-order valence-electron chi connectivity index (χ1n) is 7.29.